The van der Waals surface area contributed by atoms with Crippen LogP contribution >= 0.6 is 23.2 Å². The summed E-state index contributed by atoms with van der Waals surface area (Å²) in [4.78, 5) is 31.4. The fourth-order valence-electron chi connectivity index (χ4n) is 8.51. The molecule has 2 bridgehead atoms. The lowest BCUT2D eigenvalue weighted by Gasteiger charge is -2.51. The van der Waals surface area contributed by atoms with Gasteiger partial charge in [0.05, 0.1) is 24.4 Å². The highest BCUT2D eigenvalue weighted by atomic mass is 35.5. The van der Waals surface area contributed by atoms with Crippen LogP contribution in [0.4, 0.5) is 4.39 Å². The summed E-state index contributed by atoms with van der Waals surface area (Å²) in [6.45, 7) is 11.9. The number of hydrogen-bond donors (Lipinski definition) is 2. The summed E-state index contributed by atoms with van der Waals surface area (Å²) in [6.07, 6.45) is 7.98. The highest BCUT2D eigenvalue weighted by Crippen LogP contribution is 2.48. The Bertz CT molecular complexity index is 1710. The second-order valence-corrected chi connectivity index (χ2v) is 16.3. The molecule has 1 aliphatic carbocycles. The third-order valence-electron chi connectivity index (χ3n) is 11.8. The van der Waals surface area contributed by atoms with E-state index >= 15 is 0 Å². The molecule has 2 unspecified atom stereocenters. The summed E-state index contributed by atoms with van der Waals surface area (Å²) in [5, 5.41) is 22.6. The minimum absolute atomic E-state index is 0.0295. The average molecular weight is 779 g/mol. The highest BCUT2D eigenvalue weighted by Gasteiger charge is 2.60. The number of rotatable bonds is 4. The first-order chi connectivity index (χ1) is 25.1. The Morgan fingerprint density at radius 1 is 1.17 bits per heavy atom. The smallest absolute Gasteiger partial charge is 0.342 e. The van der Waals surface area contributed by atoms with E-state index in [9.17, 15) is 24.2 Å². The van der Waals surface area contributed by atoms with E-state index in [-0.39, 0.29) is 29.3 Å². The number of hydrogen-bond acceptors (Lipinski definition) is 10. The molecule has 290 valence electrons. The van der Waals surface area contributed by atoms with Crippen LogP contribution in [0.25, 0.3) is 0 Å². The average Bonchev–Trinajstić information content (AvgIpc) is 3.45. The molecule has 1 aromatic rings. The van der Waals surface area contributed by atoms with Gasteiger partial charge in [0.15, 0.2) is 16.8 Å². The van der Waals surface area contributed by atoms with Gasteiger partial charge in [0, 0.05) is 25.2 Å². The van der Waals surface area contributed by atoms with Gasteiger partial charge in [-0.1, -0.05) is 87.7 Å². The van der Waals surface area contributed by atoms with Crippen LogP contribution < -0.4 is 0 Å². The van der Waals surface area contributed by atoms with Gasteiger partial charge in [-0.15, -0.1) is 0 Å². The zero-order valence-corrected chi connectivity index (χ0v) is 32.5. The predicted molar refractivity (Wildman–Crippen MR) is 196 cm³/mol. The molecule has 0 saturated carbocycles. The summed E-state index contributed by atoms with van der Waals surface area (Å²) in [6, 6.07) is 0.899. The number of carbonyl (C=O) groups excluding carboxylic acids is 2. The van der Waals surface area contributed by atoms with Crippen molar-refractivity contribution in [3.63, 3.8) is 0 Å². The summed E-state index contributed by atoms with van der Waals surface area (Å²) >= 11 is 12.0. The largest absolute Gasteiger partial charge is 0.462 e. The second kappa shape index (κ2) is 15.8. The standard InChI is InChI=1S/C40H50Cl2FNO9/c1-7-20(2)33-23(5)13-14-39(53-33)18-27-16-26(52-39)12-11-22(4)32(51-37(46)28-17-30(43)36(42)44-35(28)41)21(3)9-8-10-25-19-49-34-31(45)24(6)15-29(38(47)50-27)40(25,34)48/h8-11,15,17,20-21,23,26-27,29,31-34,45,48H,7,12-14,16,18-19H2,1-6H3/b9-8+,22-11+,25-10+/t20?,21-,23-,26+,27-,29-,31+,32-,33+,34+,39?,40+/m0/s1. The van der Waals surface area contributed by atoms with Gasteiger partial charge in [0.1, 0.15) is 41.1 Å². The number of allylic oxidation sites excluding steroid dienone is 2. The Balaban J connectivity index is 1.40. The van der Waals surface area contributed by atoms with Gasteiger partial charge in [-0.25, -0.2) is 14.2 Å². The van der Waals surface area contributed by atoms with Crippen LogP contribution in [0.1, 0.15) is 90.4 Å². The van der Waals surface area contributed by atoms with Crippen molar-refractivity contribution in [2.45, 2.75) is 128 Å². The van der Waals surface area contributed by atoms with E-state index in [1.54, 1.807) is 31.2 Å². The van der Waals surface area contributed by atoms with Gasteiger partial charge in [-0.2, -0.15) is 0 Å². The zero-order valence-electron chi connectivity index (χ0n) is 31.0. The Labute approximate surface area is 320 Å². The number of nitrogens with zero attached hydrogens (tertiary/aromatic N) is 1. The lowest BCUT2D eigenvalue weighted by molar-refractivity contribution is -0.340. The lowest BCUT2D eigenvalue weighted by Crippen LogP contribution is -2.58. The van der Waals surface area contributed by atoms with Crippen molar-refractivity contribution in [2.24, 2.45) is 23.7 Å². The minimum atomic E-state index is -1.88. The molecule has 3 fully saturated rings. The Hall–Kier alpha value is -2.64. The number of pyridine rings is 1. The van der Waals surface area contributed by atoms with Crippen molar-refractivity contribution in [1.82, 2.24) is 4.98 Å². The topological polar surface area (TPSA) is 134 Å². The van der Waals surface area contributed by atoms with Gasteiger partial charge < -0.3 is 33.9 Å². The fraction of sp³-hybridized carbons (Fsp3) is 0.625. The quantitative estimate of drug-likeness (QED) is 0.183. The summed E-state index contributed by atoms with van der Waals surface area (Å²) < 4.78 is 46.3. The Morgan fingerprint density at radius 2 is 1.92 bits per heavy atom. The van der Waals surface area contributed by atoms with Crippen LogP contribution in [0, 0.1) is 29.5 Å². The zero-order chi connectivity index (χ0) is 38.4. The van der Waals surface area contributed by atoms with E-state index in [4.69, 9.17) is 46.9 Å². The van der Waals surface area contributed by atoms with Gasteiger partial charge in [0.25, 0.3) is 0 Å². The van der Waals surface area contributed by atoms with Crippen LogP contribution in [0.2, 0.25) is 10.3 Å². The van der Waals surface area contributed by atoms with E-state index < -0.39 is 76.7 Å². The van der Waals surface area contributed by atoms with Crippen LogP contribution in [0.5, 0.6) is 0 Å². The van der Waals surface area contributed by atoms with E-state index in [2.05, 4.69) is 25.8 Å². The number of carbonyl (C=O) groups is 2. The van der Waals surface area contributed by atoms with Crippen molar-refractivity contribution < 1.29 is 47.9 Å². The lowest BCUT2D eigenvalue weighted by atomic mass is 9.71. The number of fused-ring (bicyclic) bond motifs is 2. The maximum Gasteiger partial charge on any atom is 0.342 e. The summed E-state index contributed by atoms with van der Waals surface area (Å²) in [5.41, 5.74) is -0.563. The van der Waals surface area contributed by atoms with Crippen LogP contribution in [-0.4, -0.2) is 81.8 Å². The highest BCUT2D eigenvalue weighted by molar-refractivity contribution is 6.34. The van der Waals surface area contributed by atoms with Gasteiger partial charge in [-0.05, 0) is 61.3 Å². The molecule has 0 radical (unpaired) electrons. The van der Waals surface area contributed by atoms with Crippen molar-refractivity contribution in [2.75, 3.05) is 6.61 Å². The molecule has 3 saturated heterocycles. The van der Waals surface area contributed by atoms with Gasteiger partial charge in [-0.3, -0.25) is 4.79 Å². The maximum absolute atomic E-state index is 14.4. The van der Waals surface area contributed by atoms with Crippen molar-refractivity contribution in [1.29, 1.82) is 0 Å². The Kier molecular flexibility index (Phi) is 12.0. The number of aliphatic hydroxyl groups is 2. The molecule has 2 N–H and O–H groups in total. The number of aromatic nitrogens is 1. The third kappa shape index (κ3) is 7.90. The van der Waals surface area contributed by atoms with Gasteiger partial charge in [0.2, 0.25) is 0 Å². The number of esters is 2. The molecule has 5 aliphatic rings. The van der Waals surface area contributed by atoms with E-state index in [0.29, 0.717) is 48.3 Å². The van der Waals surface area contributed by atoms with E-state index in [1.807, 2.05) is 19.9 Å². The van der Waals surface area contributed by atoms with Crippen molar-refractivity contribution in [3.8, 4) is 0 Å². The molecule has 4 aliphatic heterocycles. The third-order valence-corrected chi connectivity index (χ3v) is 12.3. The van der Waals surface area contributed by atoms with Crippen LogP contribution in [-0.2, 0) is 28.5 Å². The summed E-state index contributed by atoms with van der Waals surface area (Å²) in [5.74, 6) is -4.39. The second-order valence-electron chi connectivity index (χ2n) is 15.6. The molecule has 12 atom stereocenters. The van der Waals surface area contributed by atoms with Gasteiger partial charge >= 0.3 is 11.9 Å². The first-order valence-corrected chi connectivity index (χ1v) is 19.4. The van der Waals surface area contributed by atoms with Crippen molar-refractivity contribution in [3.05, 3.63) is 74.9 Å². The molecule has 1 spiro atoms. The molecular weight excluding hydrogens is 728 g/mol. The predicted octanol–water partition coefficient (Wildman–Crippen LogP) is 7.24. The maximum atomic E-state index is 14.4. The minimum Gasteiger partial charge on any atom is -0.462 e. The SMILES string of the molecule is CCC(C)[C@H]1OC2(CC[C@@H]1C)C[C@@H]1C[C@@H](C/C=C(\C)[C@@H](OC(=O)c3cc(F)c(Cl)nc3Cl)[C@@H](C)/C=C/C=C3\CO[C@@H]4[C@H](O)C(C)=C[C@@H](C(=O)O1)[C@]34O)O2. The normalized spacial score (nSPS) is 40.8. The molecule has 0 aromatic carbocycles. The summed E-state index contributed by atoms with van der Waals surface area (Å²) in [7, 11) is 0. The molecule has 1 aromatic heterocycles. The fourth-order valence-corrected chi connectivity index (χ4v) is 8.91. The number of aliphatic hydroxyl groups excluding tert-OH is 1. The molecule has 10 nitrogen and oxygen atoms in total. The Morgan fingerprint density at radius 3 is 2.66 bits per heavy atom. The van der Waals surface area contributed by atoms with Crippen LogP contribution in [0.15, 0.2) is 53.2 Å². The molecule has 0 amide bonds. The monoisotopic (exact) mass is 777 g/mol. The van der Waals surface area contributed by atoms with E-state index in [0.717, 1.165) is 18.9 Å². The van der Waals surface area contributed by atoms with Crippen LogP contribution in [0.3, 0.4) is 0 Å². The molecule has 6 rings (SSSR count). The van der Waals surface area contributed by atoms with Crippen molar-refractivity contribution >= 4 is 35.1 Å². The molecule has 5 heterocycles. The first-order valence-electron chi connectivity index (χ1n) is 18.6. The molecular formula is C40H50Cl2FNO9. The first kappa shape index (κ1) is 40.0. The number of ether oxygens (including phenoxy) is 5. The molecule has 13 heteroatoms. The number of halogens is 3. The molecule has 53 heavy (non-hydrogen) atoms. The van der Waals surface area contributed by atoms with E-state index in [1.165, 1.54) is 0 Å².